The van der Waals surface area contributed by atoms with Crippen LogP contribution in [-0.2, 0) is 4.79 Å². The van der Waals surface area contributed by atoms with Crippen LogP contribution in [0, 0.1) is 0 Å². The molecule has 0 aromatic heterocycles. The second kappa shape index (κ2) is 6.57. The molecule has 6 heteroatoms. The van der Waals surface area contributed by atoms with E-state index in [4.69, 9.17) is 9.84 Å². The number of benzene rings is 2. The standard InChI is InChI=1S/C19H19N3O3/c23-9-8-22-11-15(13-4-2-1-3-5-13)19(21-22)14-6-7-17-16(10-14)20-18(24)12-25-17/h1-7,10,15,23H,8-9,11-12H2,(H,20,24). The number of β-amino-alcohol motifs (C(OH)–C–C–N with tert-alkyl or cyclic N) is 1. The van der Waals surface area contributed by atoms with Gasteiger partial charge in [-0.05, 0) is 23.8 Å². The van der Waals surface area contributed by atoms with Crippen LogP contribution < -0.4 is 10.1 Å². The molecule has 0 spiro atoms. The quantitative estimate of drug-likeness (QED) is 0.892. The number of aliphatic hydroxyl groups is 1. The minimum atomic E-state index is -0.153. The molecule has 6 nitrogen and oxygen atoms in total. The van der Waals surface area contributed by atoms with Gasteiger partial charge in [0.1, 0.15) is 5.75 Å². The topological polar surface area (TPSA) is 74.2 Å². The van der Waals surface area contributed by atoms with Crippen molar-refractivity contribution in [2.45, 2.75) is 5.92 Å². The monoisotopic (exact) mass is 337 g/mol. The zero-order chi connectivity index (χ0) is 17.2. The van der Waals surface area contributed by atoms with Crippen LogP contribution in [0.3, 0.4) is 0 Å². The fraction of sp³-hybridized carbons (Fsp3) is 0.263. The van der Waals surface area contributed by atoms with Gasteiger partial charge in [-0.2, -0.15) is 5.10 Å². The summed E-state index contributed by atoms with van der Waals surface area (Å²) in [5.41, 5.74) is 3.73. The Balaban J connectivity index is 1.71. The number of amides is 1. The van der Waals surface area contributed by atoms with Gasteiger partial charge in [0, 0.05) is 18.0 Å². The van der Waals surface area contributed by atoms with E-state index in [0.717, 1.165) is 17.8 Å². The predicted octanol–water partition coefficient (Wildman–Crippen LogP) is 1.81. The van der Waals surface area contributed by atoms with Gasteiger partial charge in [-0.25, -0.2) is 0 Å². The molecule has 128 valence electrons. The summed E-state index contributed by atoms with van der Waals surface area (Å²) in [6, 6.07) is 15.9. The average Bonchev–Trinajstić information content (AvgIpc) is 3.06. The third-order valence-electron chi connectivity index (χ3n) is 4.44. The highest BCUT2D eigenvalue weighted by molar-refractivity contribution is 6.07. The van der Waals surface area contributed by atoms with Crippen LogP contribution in [-0.4, -0.2) is 48.0 Å². The summed E-state index contributed by atoms with van der Waals surface area (Å²) in [4.78, 5) is 11.6. The Hall–Kier alpha value is -2.86. The normalized spacial score (nSPS) is 19.1. The molecule has 2 aromatic rings. The van der Waals surface area contributed by atoms with Crippen LogP contribution in [0.2, 0.25) is 0 Å². The van der Waals surface area contributed by atoms with Gasteiger partial charge in [0.25, 0.3) is 5.91 Å². The maximum atomic E-state index is 11.6. The maximum Gasteiger partial charge on any atom is 0.262 e. The summed E-state index contributed by atoms with van der Waals surface area (Å²) >= 11 is 0. The number of aliphatic hydroxyl groups excluding tert-OH is 1. The maximum absolute atomic E-state index is 11.6. The number of hydrogen-bond acceptors (Lipinski definition) is 5. The zero-order valence-electron chi connectivity index (χ0n) is 13.7. The molecule has 2 aliphatic rings. The Morgan fingerprint density at radius 1 is 1.24 bits per heavy atom. The summed E-state index contributed by atoms with van der Waals surface area (Å²) in [5, 5.41) is 18.7. The largest absolute Gasteiger partial charge is 0.482 e. The first kappa shape index (κ1) is 15.7. The molecule has 0 saturated carbocycles. The second-order valence-electron chi connectivity index (χ2n) is 6.13. The molecule has 4 rings (SSSR count). The zero-order valence-corrected chi connectivity index (χ0v) is 13.7. The van der Waals surface area contributed by atoms with Crippen LogP contribution in [0.25, 0.3) is 0 Å². The molecule has 0 saturated heterocycles. The lowest BCUT2D eigenvalue weighted by Crippen LogP contribution is -2.25. The van der Waals surface area contributed by atoms with E-state index in [0.29, 0.717) is 18.0 Å². The first-order chi connectivity index (χ1) is 12.2. The van der Waals surface area contributed by atoms with E-state index in [-0.39, 0.29) is 25.0 Å². The molecule has 2 aliphatic heterocycles. The Labute approximate surface area is 145 Å². The van der Waals surface area contributed by atoms with Crippen molar-refractivity contribution in [3.05, 3.63) is 59.7 Å². The van der Waals surface area contributed by atoms with Crippen molar-refractivity contribution in [2.75, 3.05) is 31.6 Å². The Kier molecular flexibility index (Phi) is 4.11. The van der Waals surface area contributed by atoms with Gasteiger partial charge < -0.3 is 15.2 Å². The van der Waals surface area contributed by atoms with E-state index in [1.807, 2.05) is 41.4 Å². The van der Waals surface area contributed by atoms with Gasteiger partial charge in [0.2, 0.25) is 0 Å². The minimum absolute atomic E-state index is 0.0458. The van der Waals surface area contributed by atoms with Crippen molar-refractivity contribution >= 4 is 17.3 Å². The highest BCUT2D eigenvalue weighted by Crippen LogP contribution is 2.33. The number of carbonyl (C=O) groups excluding carboxylic acids is 1. The fourth-order valence-corrected chi connectivity index (χ4v) is 3.27. The molecule has 0 aliphatic carbocycles. The van der Waals surface area contributed by atoms with Crippen LogP contribution in [0.15, 0.2) is 53.6 Å². The van der Waals surface area contributed by atoms with Crippen molar-refractivity contribution in [2.24, 2.45) is 5.10 Å². The second-order valence-corrected chi connectivity index (χ2v) is 6.13. The Morgan fingerprint density at radius 2 is 2.08 bits per heavy atom. The Morgan fingerprint density at radius 3 is 2.88 bits per heavy atom. The molecular weight excluding hydrogens is 318 g/mol. The molecule has 2 aromatic carbocycles. The van der Waals surface area contributed by atoms with Crippen LogP contribution in [0.5, 0.6) is 5.75 Å². The third kappa shape index (κ3) is 3.08. The number of carbonyl (C=O) groups is 1. The van der Waals surface area contributed by atoms with E-state index in [2.05, 4.69) is 17.4 Å². The highest BCUT2D eigenvalue weighted by atomic mass is 16.5. The van der Waals surface area contributed by atoms with Gasteiger partial charge >= 0.3 is 0 Å². The molecular formula is C19H19N3O3. The first-order valence-electron chi connectivity index (χ1n) is 8.31. The van der Waals surface area contributed by atoms with Gasteiger partial charge in [0.15, 0.2) is 6.61 Å². The van der Waals surface area contributed by atoms with E-state index in [9.17, 15) is 9.90 Å². The number of anilines is 1. The number of fused-ring (bicyclic) bond motifs is 1. The van der Waals surface area contributed by atoms with Crippen LogP contribution in [0.1, 0.15) is 17.0 Å². The Bertz CT molecular complexity index is 820. The summed E-state index contributed by atoms with van der Waals surface area (Å²) < 4.78 is 5.43. The van der Waals surface area contributed by atoms with Crippen molar-refractivity contribution in [1.82, 2.24) is 5.01 Å². The van der Waals surface area contributed by atoms with Crippen molar-refractivity contribution in [3.8, 4) is 5.75 Å². The molecule has 1 atom stereocenters. The summed E-state index contributed by atoms with van der Waals surface area (Å²) in [5.74, 6) is 0.635. The lowest BCUT2D eigenvalue weighted by Gasteiger charge is -2.19. The number of rotatable bonds is 4. The molecule has 0 radical (unpaired) electrons. The van der Waals surface area contributed by atoms with Gasteiger partial charge in [-0.3, -0.25) is 9.80 Å². The summed E-state index contributed by atoms with van der Waals surface area (Å²) in [7, 11) is 0. The lowest BCUT2D eigenvalue weighted by atomic mass is 9.90. The number of hydrogen-bond donors (Lipinski definition) is 2. The fourth-order valence-electron chi connectivity index (χ4n) is 3.27. The molecule has 2 N–H and O–H groups in total. The summed E-state index contributed by atoms with van der Waals surface area (Å²) in [6.07, 6.45) is 0. The number of hydrazone groups is 1. The SMILES string of the molecule is O=C1COc2ccc(C3=NN(CCO)CC3c3ccccc3)cc2N1. The number of nitrogens with zero attached hydrogens (tertiary/aromatic N) is 2. The lowest BCUT2D eigenvalue weighted by molar-refractivity contribution is -0.118. The molecule has 0 fully saturated rings. The number of nitrogens with one attached hydrogen (secondary N) is 1. The highest BCUT2D eigenvalue weighted by Gasteiger charge is 2.29. The van der Waals surface area contributed by atoms with E-state index >= 15 is 0 Å². The molecule has 1 unspecified atom stereocenters. The van der Waals surface area contributed by atoms with Gasteiger partial charge in [-0.1, -0.05) is 30.3 Å². The van der Waals surface area contributed by atoms with E-state index in [1.165, 1.54) is 5.56 Å². The molecule has 25 heavy (non-hydrogen) atoms. The van der Waals surface area contributed by atoms with E-state index < -0.39 is 0 Å². The van der Waals surface area contributed by atoms with Crippen LogP contribution >= 0.6 is 0 Å². The summed E-state index contributed by atoms with van der Waals surface area (Å²) in [6.45, 7) is 1.33. The van der Waals surface area contributed by atoms with Crippen molar-refractivity contribution < 1.29 is 14.6 Å². The molecule has 0 bridgehead atoms. The minimum Gasteiger partial charge on any atom is -0.482 e. The average molecular weight is 337 g/mol. The third-order valence-corrected chi connectivity index (χ3v) is 4.44. The van der Waals surface area contributed by atoms with Crippen molar-refractivity contribution in [3.63, 3.8) is 0 Å². The smallest absolute Gasteiger partial charge is 0.262 e. The first-order valence-corrected chi connectivity index (χ1v) is 8.31. The molecule has 2 heterocycles. The predicted molar refractivity (Wildman–Crippen MR) is 94.9 cm³/mol. The van der Waals surface area contributed by atoms with Crippen LogP contribution in [0.4, 0.5) is 5.69 Å². The van der Waals surface area contributed by atoms with E-state index in [1.54, 1.807) is 0 Å². The molecule has 1 amide bonds. The number of ether oxygens (including phenoxy) is 1. The van der Waals surface area contributed by atoms with Crippen molar-refractivity contribution in [1.29, 1.82) is 0 Å². The van der Waals surface area contributed by atoms with Gasteiger partial charge in [-0.15, -0.1) is 0 Å². The van der Waals surface area contributed by atoms with Gasteiger partial charge in [0.05, 0.1) is 24.6 Å².